The van der Waals surface area contributed by atoms with Crippen molar-refractivity contribution in [2.24, 2.45) is 5.73 Å². The van der Waals surface area contributed by atoms with Crippen LogP contribution in [0.2, 0.25) is 0 Å². The highest BCUT2D eigenvalue weighted by atomic mass is 16.3. The van der Waals surface area contributed by atoms with Gasteiger partial charge in [0.2, 0.25) is 0 Å². The maximum Gasteiger partial charge on any atom is 0.199 e. The summed E-state index contributed by atoms with van der Waals surface area (Å²) in [5, 5.41) is 0. The van der Waals surface area contributed by atoms with Gasteiger partial charge in [-0.15, -0.1) is 0 Å². The largest absolute Gasteiger partial charge is 0.440 e. The molecule has 2 N–H and O–H groups in total. The minimum absolute atomic E-state index is 0.252. The Morgan fingerprint density at radius 2 is 2.20 bits per heavy atom. The molecule has 0 aliphatic heterocycles. The summed E-state index contributed by atoms with van der Waals surface area (Å²) >= 11 is 0. The van der Waals surface area contributed by atoms with Gasteiger partial charge in [0.15, 0.2) is 11.5 Å². The second-order valence-corrected chi connectivity index (χ2v) is 3.74. The number of benzene rings is 1. The molecule has 3 heteroatoms. The molecule has 1 aromatic carbocycles. The molecule has 0 amide bonds. The van der Waals surface area contributed by atoms with Crippen molar-refractivity contribution in [3.05, 3.63) is 30.2 Å². The molecule has 0 aliphatic rings. The molecule has 1 heterocycles. The zero-order valence-corrected chi connectivity index (χ0v) is 8.94. The van der Waals surface area contributed by atoms with Gasteiger partial charge in [0.25, 0.3) is 0 Å². The molecule has 0 aliphatic carbocycles. The molecule has 2 aromatic rings. The van der Waals surface area contributed by atoms with Gasteiger partial charge in [-0.3, -0.25) is 0 Å². The fourth-order valence-electron chi connectivity index (χ4n) is 1.76. The molecule has 15 heavy (non-hydrogen) atoms. The van der Waals surface area contributed by atoms with E-state index in [4.69, 9.17) is 10.2 Å². The van der Waals surface area contributed by atoms with E-state index in [9.17, 15) is 0 Å². The first kappa shape index (κ1) is 10.2. The Morgan fingerprint density at radius 1 is 1.40 bits per heavy atom. The molecule has 2 rings (SSSR count). The summed E-state index contributed by atoms with van der Waals surface area (Å²) in [6.45, 7) is 2.74. The van der Waals surface area contributed by atoms with Crippen LogP contribution in [0, 0.1) is 0 Å². The van der Waals surface area contributed by atoms with Gasteiger partial charge in [-0.2, -0.15) is 0 Å². The average molecular weight is 204 g/mol. The lowest BCUT2D eigenvalue weighted by Crippen LogP contribution is -2.12. The molecule has 1 unspecified atom stereocenters. The van der Waals surface area contributed by atoms with Crippen molar-refractivity contribution in [3.8, 4) is 0 Å². The van der Waals surface area contributed by atoms with E-state index in [0.29, 0.717) is 6.54 Å². The van der Waals surface area contributed by atoms with Crippen molar-refractivity contribution in [2.75, 3.05) is 6.54 Å². The van der Waals surface area contributed by atoms with E-state index in [-0.39, 0.29) is 5.92 Å². The lowest BCUT2D eigenvalue weighted by molar-refractivity contribution is 0.453. The monoisotopic (exact) mass is 204 g/mol. The van der Waals surface area contributed by atoms with Crippen molar-refractivity contribution in [1.29, 1.82) is 0 Å². The van der Waals surface area contributed by atoms with Crippen LogP contribution in [0.15, 0.2) is 28.7 Å². The highest BCUT2D eigenvalue weighted by Crippen LogP contribution is 2.23. The van der Waals surface area contributed by atoms with Crippen LogP contribution in [0.3, 0.4) is 0 Å². The molecule has 0 saturated heterocycles. The number of para-hydroxylation sites is 2. The molecule has 0 bridgehead atoms. The van der Waals surface area contributed by atoms with E-state index in [1.165, 1.54) is 0 Å². The van der Waals surface area contributed by atoms with Crippen molar-refractivity contribution >= 4 is 11.1 Å². The van der Waals surface area contributed by atoms with Crippen LogP contribution < -0.4 is 5.73 Å². The van der Waals surface area contributed by atoms with Crippen molar-refractivity contribution < 1.29 is 4.42 Å². The number of hydrogen-bond acceptors (Lipinski definition) is 3. The second kappa shape index (κ2) is 4.45. The Bertz CT molecular complexity index is 403. The Kier molecular flexibility index (Phi) is 3.02. The van der Waals surface area contributed by atoms with Crippen molar-refractivity contribution in [2.45, 2.75) is 25.7 Å². The van der Waals surface area contributed by atoms with E-state index < -0.39 is 0 Å². The lowest BCUT2D eigenvalue weighted by Gasteiger charge is -2.07. The van der Waals surface area contributed by atoms with Crippen LogP contribution in [-0.4, -0.2) is 11.5 Å². The number of oxazole rings is 1. The Balaban J connectivity index is 2.34. The van der Waals surface area contributed by atoms with Gasteiger partial charge in [0, 0.05) is 12.5 Å². The lowest BCUT2D eigenvalue weighted by atomic mass is 10.0. The van der Waals surface area contributed by atoms with E-state index in [2.05, 4.69) is 11.9 Å². The molecular formula is C12H16N2O. The number of nitrogens with zero attached hydrogens (tertiary/aromatic N) is 1. The van der Waals surface area contributed by atoms with Gasteiger partial charge in [0.1, 0.15) is 5.52 Å². The summed E-state index contributed by atoms with van der Waals surface area (Å²) in [6.07, 6.45) is 2.13. The van der Waals surface area contributed by atoms with Crippen LogP contribution in [0.1, 0.15) is 31.6 Å². The van der Waals surface area contributed by atoms with Gasteiger partial charge >= 0.3 is 0 Å². The minimum Gasteiger partial charge on any atom is -0.440 e. The predicted molar refractivity (Wildman–Crippen MR) is 60.7 cm³/mol. The molecule has 3 nitrogen and oxygen atoms in total. The summed E-state index contributed by atoms with van der Waals surface area (Å²) in [5.41, 5.74) is 7.48. The highest BCUT2D eigenvalue weighted by Gasteiger charge is 2.15. The van der Waals surface area contributed by atoms with Gasteiger partial charge in [0.05, 0.1) is 0 Å². The Labute approximate surface area is 89.3 Å². The van der Waals surface area contributed by atoms with E-state index in [0.717, 1.165) is 29.8 Å². The third kappa shape index (κ3) is 2.02. The Hall–Kier alpha value is -1.35. The number of aromatic nitrogens is 1. The molecule has 1 aromatic heterocycles. The smallest absolute Gasteiger partial charge is 0.199 e. The Morgan fingerprint density at radius 3 is 2.87 bits per heavy atom. The fraction of sp³-hybridized carbons (Fsp3) is 0.417. The van der Waals surface area contributed by atoms with Crippen LogP contribution >= 0.6 is 0 Å². The summed E-state index contributed by atoms with van der Waals surface area (Å²) < 4.78 is 5.68. The molecule has 80 valence electrons. The second-order valence-electron chi connectivity index (χ2n) is 3.74. The summed E-state index contributed by atoms with van der Waals surface area (Å²) in [6, 6.07) is 7.81. The first-order chi connectivity index (χ1) is 7.35. The zero-order chi connectivity index (χ0) is 10.7. The topological polar surface area (TPSA) is 52.0 Å². The maximum absolute atomic E-state index is 5.71. The quantitative estimate of drug-likeness (QED) is 0.833. The normalized spacial score (nSPS) is 13.2. The van der Waals surface area contributed by atoms with Crippen LogP contribution in [0.5, 0.6) is 0 Å². The van der Waals surface area contributed by atoms with E-state index in [1.54, 1.807) is 0 Å². The third-order valence-corrected chi connectivity index (χ3v) is 2.58. The molecule has 0 fully saturated rings. The van der Waals surface area contributed by atoms with E-state index in [1.807, 2.05) is 24.3 Å². The number of nitrogens with two attached hydrogens (primary N) is 1. The van der Waals surface area contributed by atoms with Crippen molar-refractivity contribution in [3.63, 3.8) is 0 Å². The minimum atomic E-state index is 0.252. The fourth-order valence-corrected chi connectivity index (χ4v) is 1.76. The molecular weight excluding hydrogens is 188 g/mol. The van der Waals surface area contributed by atoms with Gasteiger partial charge in [-0.25, -0.2) is 4.98 Å². The summed E-state index contributed by atoms with van der Waals surface area (Å²) in [7, 11) is 0. The van der Waals surface area contributed by atoms with Crippen LogP contribution in [-0.2, 0) is 0 Å². The van der Waals surface area contributed by atoms with Gasteiger partial charge in [-0.05, 0) is 18.6 Å². The molecule has 1 atom stereocenters. The number of rotatable bonds is 4. The molecule has 0 radical (unpaired) electrons. The number of fused-ring (bicyclic) bond motifs is 1. The molecule has 0 saturated carbocycles. The highest BCUT2D eigenvalue weighted by molar-refractivity contribution is 5.72. The average Bonchev–Trinajstić information content (AvgIpc) is 2.69. The van der Waals surface area contributed by atoms with Crippen LogP contribution in [0.4, 0.5) is 0 Å². The zero-order valence-electron chi connectivity index (χ0n) is 8.94. The first-order valence-corrected chi connectivity index (χ1v) is 5.40. The third-order valence-electron chi connectivity index (χ3n) is 2.58. The van der Waals surface area contributed by atoms with Crippen molar-refractivity contribution in [1.82, 2.24) is 4.98 Å². The maximum atomic E-state index is 5.71. The van der Waals surface area contributed by atoms with Gasteiger partial charge in [-0.1, -0.05) is 25.5 Å². The summed E-state index contributed by atoms with van der Waals surface area (Å²) in [5.74, 6) is 1.03. The van der Waals surface area contributed by atoms with Crippen LogP contribution in [0.25, 0.3) is 11.1 Å². The standard InChI is InChI=1S/C12H16N2O/c1-2-5-9(8-13)12-14-10-6-3-4-7-11(10)15-12/h3-4,6-7,9H,2,5,8,13H2,1H3. The summed E-state index contributed by atoms with van der Waals surface area (Å²) in [4.78, 5) is 4.46. The van der Waals surface area contributed by atoms with E-state index >= 15 is 0 Å². The SMILES string of the molecule is CCCC(CN)c1nc2ccccc2o1. The van der Waals surface area contributed by atoms with Gasteiger partial charge < -0.3 is 10.2 Å². The molecule has 0 spiro atoms. The number of hydrogen-bond donors (Lipinski definition) is 1. The predicted octanol–water partition coefficient (Wildman–Crippen LogP) is 2.67. The first-order valence-electron chi connectivity index (χ1n) is 5.40.